The molecule has 31 heavy (non-hydrogen) atoms. The number of fused-ring (bicyclic) bond motifs is 1. The van der Waals surface area contributed by atoms with E-state index >= 15 is 0 Å². The van der Waals surface area contributed by atoms with Crippen LogP contribution in [0.4, 0.5) is 5.82 Å². The molecule has 6 nitrogen and oxygen atoms in total. The second-order valence-electron chi connectivity index (χ2n) is 8.54. The number of para-hydroxylation sites is 2. The van der Waals surface area contributed by atoms with Gasteiger partial charge >= 0.3 is 0 Å². The van der Waals surface area contributed by atoms with Crippen LogP contribution in [0.2, 0.25) is 0 Å². The summed E-state index contributed by atoms with van der Waals surface area (Å²) in [7, 11) is 0. The Morgan fingerprint density at radius 3 is 2.32 bits per heavy atom. The summed E-state index contributed by atoms with van der Waals surface area (Å²) in [5.41, 5.74) is 2.88. The third-order valence-electron chi connectivity index (χ3n) is 5.72. The number of amides is 1. The van der Waals surface area contributed by atoms with E-state index in [4.69, 9.17) is 9.97 Å². The quantitative estimate of drug-likeness (QED) is 0.683. The third kappa shape index (κ3) is 4.66. The fourth-order valence-electron chi connectivity index (χ4n) is 4.40. The van der Waals surface area contributed by atoms with Gasteiger partial charge in [0.2, 0.25) is 5.91 Å². The molecule has 1 N–H and O–H groups in total. The number of aromatic nitrogens is 2. The molecule has 1 saturated heterocycles. The zero-order valence-electron chi connectivity index (χ0n) is 18.0. The average Bonchev–Trinajstić information content (AvgIpc) is 2.78. The lowest BCUT2D eigenvalue weighted by Crippen LogP contribution is -2.40. The number of carbonyl (C=O) groups is 1. The molecular formula is C25H27N5O. The van der Waals surface area contributed by atoms with E-state index in [-0.39, 0.29) is 5.91 Å². The van der Waals surface area contributed by atoms with Gasteiger partial charge in [0.25, 0.3) is 0 Å². The van der Waals surface area contributed by atoms with Gasteiger partial charge in [0.05, 0.1) is 17.1 Å². The van der Waals surface area contributed by atoms with Crippen molar-refractivity contribution in [3.63, 3.8) is 0 Å². The molecular weight excluding hydrogens is 386 g/mol. The molecule has 3 aromatic rings. The molecule has 0 radical (unpaired) electrons. The zero-order chi connectivity index (χ0) is 21.8. The van der Waals surface area contributed by atoms with Crippen LogP contribution in [0.3, 0.4) is 0 Å². The second-order valence-corrected chi connectivity index (χ2v) is 8.54. The number of hydrogen-bond acceptors (Lipinski definition) is 5. The molecule has 6 heteroatoms. The summed E-state index contributed by atoms with van der Waals surface area (Å²) in [6.45, 7) is 6.50. The normalized spacial score (nSPS) is 19.6. The minimum Gasteiger partial charge on any atom is -0.355 e. The lowest BCUT2D eigenvalue weighted by molar-refractivity contribution is -0.121. The van der Waals surface area contributed by atoms with Gasteiger partial charge in [0, 0.05) is 19.6 Å². The van der Waals surface area contributed by atoms with E-state index in [9.17, 15) is 10.1 Å². The molecule has 1 amide bonds. The minimum absolute atomic E-state index is 0.352. The smallest absolute Gasteiger partial charge is 0.243 e. The van der Waals surface area contributed by atoms with Gasteiger partial charge < -0.3 is 10.2 Å². The fraction of sp³-hybridized carbons (Fsp3) is 0.360. The van der Waals surface area contributed by atoms with Crippen LogP contribution in [0.5, 0.6) is 0 Å². The van der Waals surface area contributed by atoms with E-state index < -0.39 is 5.92 Å². The standard InChI is InChI=1S/C25H27N5O/c1-17-12-18(2)16-30(15-17)24-23(28-21-10-6-7-11-22(21)29-24)20(13-26)25(31)27-14-19-8-4-3-5-9-19/h3-11,17-18,20H,12,14-16H2,1-2H3,(H,27,31)/t17-,18+,20-/m1/s1. The molecule has 0 bridgehead atoms. The number of nitrogens with one attached hydrogen (secondary N) is 1. The maximum absolute atomic E-state index is 13.0. The Hall–Kier alpha value is -3.46. The highest BCUT2D eigenvalue weighted by atomic mass is 16.1. The summed E-state index contributed by atoms with van der Waals surface area (Å²) < 4.78 is 0. The van der Waals surface area contributed by atoms with E-state index in [1.54, 1.807) is 0 Å². The number of nitriles is 1. The Morgan fingerprint density at radius 1 is 1.06 bits per heavy atom. The molecule has 2 aromatic carbocycles. The number of anilines is 1. The Balaban J connectivity index is 1.69. The van der Waals surface area contributed by atoms with Gasteiger partial charge in [-0.25, -0.2) is 9.97 Å². The highest BCUT2D eigenvalue weighted by Gasteiger charge is 2.31. The number of nitrogens with zero attached hydrogens (tertiary/aromatic N) is 4. The first-order chi connectivity index (χ1) is 15.0. The Morgan fingerprint density at radius 2 is 1.68 bits per heavy atom. The molecule has 0 unspecified atom stereocenters. The van der Waals surface area contributed by atoms with Gasteiger partial charge in [0.1, 0.15) is 5.69 Å². The van der Waals surface area contributed by atoms with Crippen LogP contribution in [-0.4, -0.2) is 29.0 Å². The Bertz CT molecular complexity index is 1100. The third-order valence-corrected chi connectivity index (χ3v) is 5.72. The topological polar surface area (TPSA) is 81.9 Å². The van der Waals surface area contributed by atoms with Gasteiger partial charge in [-0.05, 0) is 36.0 Å². The first kappa shape index (κ1) is 20.8. The molecule has 0 saturated carbocycles. The average molecular weight is 414 g/mol. The summed E-state index contributed by atoms with van der Waals surface area (Å²) in [5, 5.41) is 12.8. The van der Waals surface area contributed by atoms with Gasteiger partial charge in [-0.1, -0.05) is 56.3 Å². The minimum atomic E-state index is -1.02. The molecule has 1 aliphatic rings. The van der Waals surface area contributed by atoms with Crippen molar-refractivity contribution in [1.29, 1.82) is 5.26 Å². The van der Waals surface area contributed by atoms with Crippen molar-refractivity contribution in [2.24, 2.45) is 11.8 Å². The van der Waals surface area contributed by atoms with Crippen molar-refractivity contribution in [1.82, 2.24) is 15.3 Å². The van der Waals surface area contributed by atoms with Crippen molar-refractivity contribution in [2.75, 3.05) is 18.0 Å². The Labute approximate surface area is 182 Å². The summed E-state index contributed by atoms with van der Waals surface area (Å²) in [4.78, 5) is 24.9. The summed E-state index contributed by atoms with van der Waals surface area (Å²) in [6, 6.07) is 19.5. The molecule has 1 aromatic heterocycles. The first-order valence-corrected chi connectivity index (χ1v) is 10.8. The van der Waals surface area contributed by atoms with Crippen molar-refractivity contribution in [3.8, 4) is 6.07 Å². The number of hydrogen-bond donors (Lipinski definition) is 1. The highest BCUT2D eigenvalue weighted by Crippen LogP contribution is 2.31. The van der Waals surface area contributed by atoms with Gasteiger partial charge in [-0.15, -0.1) is 0 Å². The van der Waals surface area contributed by atoms with Crippen molar-refractivity contribution in [3.05, 3.63) is 65.9 Å². The van der Waals surface area contributed by atoms with Crippen molar-refractivity contribution < 1.29 is 4.79 Å². The van der Waals surface area contributed by atoms with Gasteiger partial charge in [-0.3, -0.25) is 4.79 Å². The first-order valence-electron chi connectivity index (χ1n) is 10.8. The van der Waals surface area contributed by atoms with Crippen LogP contribution >= 0.6 is 0 Å². The maximum atomic E-state index is 13.0. The van der Waals surface area contributed by atoms with Gasteiger partial charge in [0.15, 0.2) is 11.7 Å². The predicted octanol–water partition coefficient (Wildman–Crippen LogP) is 4.04. The van der Waals surface area contributed by atoms with E-state index in [1.807, 2.05) is 54.6 Å². The number of carbonyl (C=O) groups excluding carboxylic acids is 1. The largest absolute Gasteiger partial charge is 0.355 e. The van der Waals surface area contributed by atoms with Crippen molar-refractivity contribution in [2.45, 2.75) is 32.7 Å². The number of rotatable bonds is 5. The van der Waals surface area contributed by atoms with Crippen LogP contribution in [-0.2, 0) is 11.3 Å². The van der Waals surface area contributed by atoms with Crippen LogP contribution in [0, 0.1) is 23.2 Å². The van der Waals surface area contributed by atoms with E-state index in [1.165, 1.54) is 0 Å². The summed E-state index contributed by atoms with van der Waals surface area (Å²) in [5.74, 6) is 0.298. The molecule has 0 aliphatic carbocycles. The Kier molecular flexibility index (Phi) is 6.13. The van der Waals surface area contributed by atoms with Crippen LogP contribution < -0.4 is 10.2 Å². The molecule has 1 fully saturated rings. The predicted molar refractivity (Wildman–Crippen MR) is 121 cm³/mol. The molecule has 0 spiro atoms. The summed E-state index contributed by atoms with van der Waals surface area (Å²) in [6.07, 6.45) is 1.16. The molecule has 1 aliphatic heterocycles. The van der Waals surface area contributed by atoms with E-state index in [0.29, 0.717) is 35.4 Å². The van der Waals surface area contributed by atoms with E-state index in [0.717, 1.165) is 30.6 Å². The fourth-order valence-corrected chi connectivity index (χ4v) is 4.40. The SMILES string of the molecule is C[C@@H]1C[C@H](C)CN(c2nc3ccccc3nc2[C@@H](C#N)C(=O)NCc2ccccc2)C1. The maximum Gasteiger partial charge on any atom is 0.243 e. The molecule has 4 rings (SSSR count). The van der Waals surface area contributed by atoms with Gasteiger partial charge in [-0.2, -0.15) is 5.26 Å². The second kappa shape index (κ2) is 9.13. The van der Waals surface area contributed by atoms with Crippen LogP contribution in [0.1, 0.15) is 37.4 Å². The van der Waals surface area contributed by atoms with Crippen LogP contribution in [0.25, 0.3) is 11.0 Å². The zero-order valence-corrected chi connectivity index (χ0v) is 18.0. The lowest BCUT2D eigenvalue weighted by atomic mass is 9.91. The van der Waals surface area contributed by atoms with Crippen molar-refractivity contribution >= 4 is 22.8 Å². The monoisotopic (exact) mass is 413 g/mol. The number of piperidine rings is 1. The molecule has 3 atom stereocenters. The molecule has 2 heterocycles. The molecule has 158 valence electrons. The number of benzene rings is 2. The van der Waals surface area contributed by atoms with Crippen LogP contribution in [0.15, 0.2) is 54.6 Å². The highest BCUT2D eigenvalue weighted by molar-refractivity contribution is 5.88. The lowest BCUT2D eigenvalue weighted by Gasteiger charge is -2.36. The van der Waals surface area contributed by atoms with E-state index in [2.05, 4.69) is 30.1 Å². The summed E-state index contributed by atoms with van der Waals surface area (Å²) >= 11 is 0.